The molecule has 3 aromatic rings. The highest BCUT2D eigenvalue weighted by molar-refractivity contribution is 8.18. The van der Waals surface area contributed by atoms with Crippen molar-refractivity contribution in [2.45, 2.75) is 20.8 Å². The third kappa shape index (κ3) is 4.83. The molecule has 8 heteroatoms. The molecule has 33 heavy (non-hydrogen) atoms. The van der Waals surface area contributed by atoms with Gasteiger partial charge in [-0.1, -0.05) is 41.4 Å². The van der Waals surface area contributed by atoms with Crippen LogP contribution >= 0.6 is 35.0 Å². The molecule has 0 N–H and O–H groups in total. The Kier molecular flexibility index (Phi) is 6.88. The van der Waals surface area contributed by atoms with Gasteiger partial charge in [-0.25, -0.2) is 0 Å². The number of amides is 2. The van der Waals surface area contributed by atoms with Crippen LogP contribution in [0, 0.1) is 20.8 Å². The van der Waals surface area contributed by atoms with E-state index in [0.29, 0.717) is 20.7 Å². The Morgan fingerprint density at radius 3 is 2.55 bits per heavy atom. The smallest absolute Gasteiger partial charge is 0.293 e. The first-order valence-corrected chi connectivity index (χ1v) is 11.9. The highest BCUT2D eigenvalue weighted by Gasteiger charge is 2.35. The van der Waals surface area contributed by atoms with Crippen LogP contribution in [0.2, 0.25) is 10.0 Å². The zero-order valence-electron chi connectivity index (χ0n) is 18.4. The molecule has 1 aliphatic rings. The molecular weight excluding hydrogens is 479 g/mol. The van der Waals surface area contributed by atoms with Gasteiger partial charge in [0.1, 0.15) is 12.4 Å². The van der Waals surface area contributed by atoms with E-state index in [4.69, 9.17) is 27.9 Å². The zero-order chi connectivity index (χ0) is 23.7. The maximum atomic E-state index is 12.9. The second-order valence-corrected chi connectivity index (χ2v) is 9.51. The molecule has 1 saturated heterocycles. The highest BCUT2D eigenvalue weighted by atomic mass is 35.5. The van der Waals surface area contributed by atoms with E-state index in [1.807, 2.05) is 67.8 Å². The molecule has 2 heterocycles. The van der Waals surface area contributed by atoms with Crippen molar-refractivity contribution < 1.29 is 14.3 Å². The molecular formula is C25H22Cl2N2O3S. The van der Waals surface area contributed by atoms with E-state index in [1.165, 1.54) is 4.90 Å². The predicted molar refractivity (Wildman–Crippen MR) is 135 cm³/mol. The van der Waals surface area contributed by atoms with E-state index in [9.17, 15) is 9.59 Å². The van der Waals surface area contributed by atoms with Gasteiger partial charge in [0.15, 0.2) is 0 Å². The minimum absolute atomic E-state index is 0.188. The van der Waals surface area contributed by atoms with Gasteiger partial charge in [0.2, 0.25) is 0 Å². The van der Waals surface area contributed by atoms with Crippen LogP contribution in [0.25, 0.3) is 11.8 Å². The van der Waals surface area contributed by atoms with Gasteiger partial charge in [0, 0.05) is 11.4 Å². The van der Waals surface area contributed by atoms with Crippen LogP contribution in [-0.4, -0.2) is 33.8 Å². The number of halogens is 2. The second kappa shape index (κ2) is 9.67. The Hall–Kier alpha value is -2.67. The Balaban J connectivity index is 1.52. The summed E-state index contributed by atoms with van der Waals surface area (Å²) in [6.07, 6.45) is 1.75. The van der Waals surface area contributed by atoms with Gasteiger partial charge in [-0.3, -0.25) is 14.5 Å². The van der Waals surface area contributed by atoms with Crippen LogP contribution in [0.1, 0.15) is 22.5 Å². The largest absolute Gasteiger partial charge is 0.492 e. The first-order valence-electron chi connectivity index (χ1n) is 10.3. The van der Waals surface area contributed by atoms with Gasteiger partial charge in [-0.15, -0.1) is 0 Å². The van der Waals surface area contributed by atoms with Crippen molar-refractivity contribution in [1.82, 2.24) is 9.47 Å². The lowest BCUT2D eigenvalue weighted by Crippen LogP contribution is -2.32. The summed E-state index contributed by atoms with van der Waals surface area (Å²) in [6, 6.07) is 15.1. The Labute approximate surface area is 206 Å². The quantitative estimate of drug-likeness (QED) is 0.348. The standard InChI is InChI=1S/C25H22Cl2N2O3S/c1-15-6-4-7-19(12-15)32-11-10-28-24(30)22(33-25(28)31)14-18-13-16(2)29(17(18)3)21-9-5-8-20(26)23(21)27/h4-9,12-14H,10-11H2,1-3H3/b22-14-. The lowest BCUT2D eigenvalue weighted by Gasteiger charge is -2.13. The topological polar surface area (TPSA) is 51.5 Å². The summed E-state index contributed by atoms with van der Waals surface area (Å²) < 4.78 is 7.69. The van der Waals surface area contributed by atoms with Gasteiger partial charge in [0.05, 0.1) is 27.2 Å². The van der Waals surface area contributed by atoms with Gasteiger partial charge in [0.25, 0.3) is 11.1 Å². The molecule has 1 aliphatic heterocycles. The van der Waals surface area contributed by atoms with E-state index in [0.717, 1.165) is 40.0 Å². The maximum absolute atomic E-state index is 12.9. The summed E-state index contributed by atoms with van der Waals surface area (Å²) in [6.45, 7) is 6.29. The summed E-state index contributed by atoms with van der Waals surface area (Å²) in [5.74, 6) is 0.396. The molecule has 4 rings (SSSR count). The molecule has 2 amide bonds. The van der Waals surface area contributed by atoms with Crippen molar-refractivity contribution in [3.05, 3.63) is 86.0 Å². The van der Waals surface area contributed by atoms with E-state index >= 15 is 0 Å². The number of hydrogen-bond donors (Lipinski definition) is 0. The molecule has 0 atom stereocenters. The lowest BCUT2D eigenvalue weighted by molar-refractivity contribution is -0.123. The number of carbonyl (C=O) groups excluding carboxylic acids is 2. The molecule has 170 valence electrons. The van der Waals surface area contributed by atoms with Gasteiger partial charge >= 0.3 is 0 Å². The number of carbonyl (C=O) groups is 2. The Morgan fingerprint density at radius 1 is 1.03 bits per heavy atom. The van der Waals surface area contributed by atoms with Crippen molar-refractivity contribution in [1.29, 1.82) is 0 Å². The van der Waals surface area contributed by atoms with Gasteiger partial charge in [-0.05, 0) is 80.1 Å². The maximum Gasteiger partial charge on any atom is 0.293 e. The average molecular weight is 501 g/mol. The molecule has 0 saturated carbocycles. The summed E-state index contributed by atoms with van der Waals surface area (Å²) >= 11 is 13.6. The summed E-state index contributed by atoms with van der Waals surface area (Å²) in [5.41, 5.74) is 4.52. The normalized spacial score (nSPS) is 15.1. The number of imide groups is 1. The molecule has 0 radical (unpaired) electrons. The minimum atomic E-state index is -0.316. The molecule has 0 bridgehead atoms. The number of rotatable bonds is 6. The lowest BCUT2D eigenvalue weighted by atomic mass is 10.2. The summed E-state index contributed by atoms with van der Waals surface area (Å²) in [7, 11) is 0. The number of aryl methyl sites for hydroxylation is 2. The number of nitrogens with zero attached hydrogens (tertiary/aromatic N) is 2. The molecule has 5 nitrogen and oxygen atoms in total. The first kappa shape index (κ1) is 23.5. The zero-order valence-corrected chi connectivity index (χ0v) is 20.7. The van der Waals surface area contributed by atoms with E-state index in [2.05, 4.69) is 0 Å². The molecule has 1 fully saturated rings. The predicted octanol–water partition coefficient (Wildman–Crippen LogP) is 6.82. The van der Waals surface area contributed by atoms with Crippen molar-refractivity contribution in [2.75, 3.05) is 13.2 Å². The fourth-order valence-corrected chi connectivity index (χ4v) is 5.00. The summed E-state index contributed by atoms with van der Waals surface area (Å²) in [5, 5.41) is 0.629. The van der Waals surface area contributed by atoms with Crippen LogP contribution in [-0.2, 0) is 4.79 Å². The fourth-order valence-electron chi connectivity index (χ4n) is 3.76. The molecule has 2 aromatic carbocycles. The Morgan fingerprint density at radius 2 is 1.79 bits per heavy atom. The van der Waals surface area contributed by atoms with Crippen molar-refractivity contribution >= 4 is 52.2 Å². The second-order valence-electron chi connectivity index (χ2n) is 7.73. The number of ether oxygens (including phenoxy) is 1. The minimum Gasteiger partial charge on any atom is -0.492 e. The Bertz CT molecular complexity index is 1280. The molecule has 0 spiro atoms. The molecule has 0 unspecified atom stereocenters. The molecule has 1 aromatic heterocycles. The molecule has 0 aliphatic carbocycles. The van der Waals surface area contributed by atoms with Crippen LogP contribution in [0.3, 0.4) is 0 Å². The van der Waals surface area contributed by atoms with Crippen LogP contribution < -0.4 is 4.74 Å². The number of aromatic nitrogens is 1. The third-order valence-electron chi connectivity index (χ3n) is 5.38. The van der Waals surface area contributed by atoms with Crippen LogP contribution in [0.4, 0.5) is 4.79 Å². The number of hydrogen-bond acceptors (Lipinski definition) is 4. The van der Waals surface area contributed by atoms with E-state index in [-0.39, 0.29) is 24.3 Å². The number of thioether (sulfide) groups is 1. The van der Waals surface area contributed by atoms with Crippen molar-refractivity contribution in [2.24, 2.45) is 0 Å². The average Bonchev–Trinajstić information content (AvgIpc) is 3.19. The van der Waals surface area contributed by atoms with Crippen molar-refractivity contribution in [3.63, 3.8) is 0 Å². The van der Waals surface area contributed by atoms with Crippen molar-refractivity contribution in [3.8, 4) is 11.4 Å². The fraction of sp³-hybridized carbons (Fsp3) is 0.200. The van der Waals surface area contributed by atoms with E-state index in [1.54, 1.807) is 12.1 Å². The SMILES string of the molecule is Cc1cccc(OCCN2C(=O)S/C(=C\c3cc(C)n(-c4cccc(Cl)c4Cl)c3C)C2=O)c1. The van der Waals surface area contributed by atoms with Crippen LogP contribution in [0.15, 0.2) is 53.4 Å². The monoisotopic (exact) mass is 500 g/mol. The van der Waals surface area contributed by atoms with Crippen LogP contribution in [0.5, 0.6) is 5.75 Å². The first-order chi connectivity index (χ1) is 15.8. The third-order valence-corrected chi connectivity index (χ3v) is 7.09. The highest BCUT2D eigenvalue weighted by Crippen LogP contribution is 2.35. The summed E-state index contributed by atoms with van der Waals surface area (Å²) in [4.78, 5) is 27.0. The number of benzene rings is 2. The van der Waals surface area contributed by atoms with Gasteiger partial charge in [-0.2, -0.15) is 0 Å². The van der Waals surface area contributed by atoms with E-state index < -0.39 is 0 Å². The van der Waals surface area contributed by atoms with Gasteiger partial charge < -0.3 is 9.30 Å².